The Balaban J connectivity index is 2.04. The summed E-state index contributed by atoms with van der Waals surface area (Å²) in [7, 11) is 0. The van der Waals surface area contributed by atoms with E-state index in [1.807, 2.05) is 6.07 Å². The van der Waals surface area contributed by atoms with Crippen LogP contribution in [0.3, 0.4) is 0 Å². The number of pyridine rings is 1. The maximum Gasteiger partial charge on any atom is 0.309 e. The van der Waals surface area contributed by atoms with Crippen molar-refractivity contribution >= 4 is 17.6 Å². The van der Waals surface area contributed by atoms with E-state index in [0.717, 1.165) is 0 Å². The fourth-order valence-corrected chi connectivity index (χ4v) is 1.55. The molecule has 2 aromatic rings. The second kappa shape index (κ2) is 5.77. The average molecular weight is 256 g/mol. The first-order valence-electron chi connectivity index (χ1n) is 5.68. The lowest BCUT2D eigenvalue weighted by Crippen LogP contribution is -2.12. The third-order valence-corrected chi connectivity index (χ3v) is 2.45. The van der Waals surface area contributed by atoms with Gasteiger partial charge < -0.3 is 10.4 Å². The molecular formula is C14H12N2O3. The number of nitrogens with one attached hydrogen (secondary N) is 1. The van der Waals surface area contributed by atoms with Gasteiger partial charge >= 0.3 is 5.97 Å². The number of hydrogen-bond acceptors (Lipinski definition) is 3. The molecule has 0 unspecified atom stereocenters. The van der Waals surface area contributed by atoms with Gasteiger partial charge in [0.25, 0.3) is 5.91 Å². The number of carboxylic acid groups (broad SMARTS) is 1. The molecule has 0 saturated heterocycles. The first-order chi connectivity index (χ1) is 9.15. The largest absolute Gasteiger partial charge is 0.481 e. The number of amides is 1. The number of rotatable bonds is 4. The predicted molar refractivity (Wildman–Crippen MR) is 70.0 cm³/mol. The van der Waals surface area contributed by atoms with Crippen molar-refractivity contribution in [3.8, 4) is 0 Å². The van der Waals surface area contributed by atoms with Crippen molar-refractivity contribution in [1.29, 1.82) is 0 Å². The smallest absolute Gasteiger partial charge is 0.309 e. The van der Waals surface area contributed by atoms with Gasteiger partial charge in [0.05, 0.1) is 24.0 Å². The van der Waals surface area contributed by atoms with E-state index in [4.69, 9.17) is 5.11 Å². The summed E-state index contributed by atoms with van der Waals surface area (Å²) in [6.07, 6.45) is 1.31. The Kier molecular flexibility index (Phi) is 3.87. The summed E-state index contributed by atoms with van der Waals surface area (Å²) >= 11 is 0. The normalized spacial score (nSPS) is 9.89. The van der Waals surface area contributed by atoms with Gasteiger partial charge in [-0.05, 0) is 24.3 Å². The highest BCUT2D eigenvalue weighted by atomic mass is 16.4. The van der Waals surface area contributed by atoms with E-state index in [1.54, 1.807) is 36.4 Å². The molecule has 0 bridgehead atoms. The molecule has 0 aliphatic rings. The van der Waals surface area contributed by atoms with Crippen molar-refractivity contribution < 1.29 is 14.7 Å². The van der Waals surface area contributed by atoms with Gasteiger partial charge in [-0.2, -0.15) is 0 Å². The molecule has 0 atom stereocenters. The molecule has 1 amide bonds. The topological polar surface area (TPSA) is 79.3 Å². The second-order valence-corrected chi connectivity index (χ2v) is 3.93. The summed E-state index contributed by atoms with van der Waals surface area (Å²) in [4.78, 5) is 26.3. The molecule has 5 nitrogen and oxygen atoms in total. The summed E-state index contributed by atoms with van der Waals surface area (Å²) in [6.45, 7) is 0. The summed E-state index contributed by atoms with van der Waals surface area (Å²) in [5, 5.41) is 11.3. The minimum atomic E-state index is -0.937. The Morgan fingerprint density at radius 3 is 2.42 bits per heavy atom. The van der Waals surface area contributed by atoms with E-state index in [-0.39, 0.29) is 12.3 Å². The molecule has 0 spiro atoms. The van der Waals surface area contributed by atoms with E-state index in [2.05, 4.69) is 10.3 Å². The zero-order valence-electron chi connectivity index (χ0n) is 10.0. The fraction of sp³-hybridized carbons (Fsp3) is 0.0714. The van der Waals surface area contributed by atoms with Gasteiger partial charge in [0.1, 0.15) is 0 Å². The van der Waals surface area contributed by atoms with Gasteiger partial charge in [0, 0.05) is 5.56 Å². The Morgan fingerprint density at radius 1 is 1.11 bits per heavy atom. The molecule has 2 N–H and O–H groups in total. The van der Waals surface area contributed by atoms with Crippen LogP contribution in [0, 0.1) is 0 Å². The summed E-state index contributed by atoms with van der Waals surface area (Å²) in [5.74, 6) is -1.16. The van der Waals surface area contributed by atoms with E-state index in [1.165, 1.54) is 6.20 Å². The van der Waals surface area contributed by atoms with Crippen LogP contribution < -0.4 is 5.32 Å². The van der Waals surface area contributed by atoms with Crippen LogP contribution in [0.2, 0.25) is 0 Å². The van der Waals surface area contributed by atoms with Gasteiger partial charge in [-0.25, -0.2) is 0 Å². The minimum absolute atomic E-state index is 0.132. The average Bonchev–Trinajstić information content (AvgIpc) is 2.41. The highest BCUT2D eigenvalue weighted by Crippen LogP contribution is 2.09. The van der Waals surface area contributed by atoms with Crippen LogP contribution in [0.5, 0.6) is 0 Å². The lowest BCUT2D eigenvalue weighted by Gasteiger charge is -2.05. The Labute approximate surface area is 109 Å². The SMILES string of the molecule is O=C(O)Cc1ccc(NC(=O)c2ccccc2)cn1. The van der Waals surface area contributed by atoms with Crippen LogP contribution in [-0.4, -0.2) is 22.0 Å². The number of aromatic nitrogens is 1. The second-order valence-electron chi connectivity index (χ2n) is 3.93. The zero-order chi connectivity index (χ0) is 13.7. The molecule has 0 fully saturated rings. The number of carboxylic acids is 1. The summed E-state index contributed by atoms with van der Waals surface area (Å²) < 4.78 is 0. The number of carbonyl (C=O) groups is 2. The molecule has 1 heterocycles. The lowest BCUT2D eigenvalue weighted by atomic mass is 10.2. The van der Waals surface area contributed by atoms with E-state index < -0.39 is 5.97 Å². The molecule has 5 heteroatoms. The molecule has 1 aromatic heterocycles. The van der Waals surface area contributed by atoms with Gasteiger partial charge in [0.15, 0.2) is 0 Å². The Hall–Kier alpha value is -2.69. The third kappa shape index (κ3) is 3.64. The first-order valence-corrected chi connectivity index (χ1v) is 5.68. The molecule has 0 aliphatic carbocycles. The van der Waals surface area contributed by atoms with Crippen molar-refractivity contribution in [1.82, 2.24) is 4.98 Å². The zero-order valence-corrected chi connectivity index (χ0v) is 10.0. The maximum atomic E-state index is 11.8. The summed E-state index contributed by atoms with van der Waals surface area (Å²) in [5.41, 5.74) is 1.53. The van der Waals surface area contributed by atoms with Gasteiger partial charge in [-0.3, -0.25) is 14.6 Å². The first kappa shape index (κ1) is 12.8. The molecule has 1 aromatic carbocycles. The quantitative estimate of drug-likeness (QED) is 0.876. The standard InChI is InChI=1S/C14H12N2O3/c17-13(18)8-11-6-7-12(9-15-11)16-14(19)10-4-2-1-3-5-10/h1-7,9H,8H2,(H,16,19)(H,17,18). The minimum Gasteiger partial charge on any atom is -0.481 e. The van der Waals surface area contributed by atoms with Crippen LogP contribution in [0.15, 0.2) is 48.7 Å². The Bertz CT molecular complexity index is 579. The number of carbonyl (C=O) groups excluding carboxylic acids is 1. The van der Waals surface area contributed by atoms with E-state index in [0.29, 0.717) is 16.9 Å². The maximum absolute atomic E-state index is 11.8. The highest BCUT2D eigenvalue weighted by molar-refractivity contribution is 6.04. The number of aliphatic carboxylic acids is 1. The molecule has 0 saturated carbocycles. The van der Waals surface area contributed by atoms with Crippen LogP contribution in [0.1, 0.15) is 16.1 Å². The number of benzene rings is 1. The third-order valence-electron chi connectivity index (χ3n) is 2.45. The van der Waals surface area contributed by atoms with Gasteiger partial charge in [-0.15, -0.1) is 0 Å². The van der Waals surface area contributed by atoms with Crippen LogP contribution in [0.4, 0.5) is 5.69 Å². The molecule has 96 valence electrons. The monoisotopic (exact) mass is 256 g/mol. The lowest BCUT2D eigenvalue weighted by molar-refractivity contribution is -0.136. The molecule has 2 rings (SSSR count). The number of anilines is 1. The molecule has 19 heavy (non-hydrogen) atoms. The number of nitrogens with zero attached hydrogens (tertiary/aromatic N) is 1. The van der Waals surface area contributed by atoms with Crippen molar-refractivity contribution in [2.75, 3.05) is 5.32 Å². The van der Waals surface area contributed by atoms with Crippen LogP contribution >= 0.6 is 0 Å². The van der Waals surface area contributed by atoms with Crippen molar-refractivity contribution in [2.45, 2.75) is 6.42 Å². The Morgan fingerprint density at radius 2 is 1.84 bits per heavy atom. The van der Waals surface area contributed by atoms with Crippen molar-refractivity contribution in [2.24, 2.45) is 0 Å². The van der Waals surface area contributed by atoms with E-state index in [9.17, 15) is 9.59 Å². The van der Waals surface area contributed by atoms with Crippen LogP contribution in [0.25, 0.3) is 0 Å². The molecule has 0 radical (unpaired) electrons. The predicted octanol–water partition coefficient (Wildman–Crippen LogP) is 1.96. The van der Waals surface area contributed by atoms with E-state index >= 15 is 0 Å². The molecule has 0 aliphatic heterocycles. The van der Waals surface area contributed by atoms with Gasteiger partial charge in [0.2, 0.25) is 0 Å². The van der Waals surface area contributed by atoms with Crippen molar-refractivity contribution in [3.05, 3.63) is 59.9 Å². The fourth-order valence-electron chi connectivity index (χ4n) is 1.55. The highest BCUT2D eigenvalue weighted by Gasteiger charge is 2.06. The summed E-state index contributed by atoms with van der Waals surface area (Å²) in [6, 6.07) is 12.0. The van der Waals surface area contributed by atoms with Gasteiger partial charge in [-0.1, -0.05) is 18.2 Å². The molecular weight excluding hydrogens is 244 g/mol. The number of hydrogen-bond donors (Lipinski definition) is 2. The van der Waals surface area contributed by atoms with Crippen LogP contribution in [-0.2, 0) is 11.2 Å². The van der Waals surface area contributed by atoms with Crippen molar-refractivity contribution in [3.63, 3.8) is 0 Å².